The molecule has 1 aliphatic heterocycles. The van der Waals surface area contributed by atoms with Crippen LogP contribution < -0.4 is 0 Å². The number of carbonyl (C=O) groups excluding carboxylic acids is 1. The number of hydrogen-bond donors (Lipinski definition) is 1. The van der Waals surface area contributed by atoms with Gasteiger partial charge in [0, 0.05) is 8.95 Å². The third-order valence-corrected chi connectivity index (χ3v) is 5.79. The quantitative estimate of drug-likeness (QED) is 0.560. The minimum Gasteiger partial charge on any atom is -0.480 e. The van der Waals surface area contributed by atoms with E-state index in [4.69, 9.17) is 17.3 Å². The third kappa shape index (κ3) is 3.74. The maximum Gasteiger partial charge on any atom is 0.323 e. The van der Waals surface area contributed by atoms with Crippen LogP contribution in [0, 0.1) is 6.92 Å². The van der Waals surface area contributed by atoms with Crippen LogP contribution in [0.15, 0.2) is 26.0 Å². The summed E-state index contributed by atoms with van der Waals surface area (Å²) in [7, 11) is 0. The molecule has 1 aromatic rings. The fourth-order valence-corrected chi connectivity index (χ4v) is 4.15. The largest absolute Gasteiger partial charge is 0.480 e. The summed E-state index contributed by atoms with van der Waals surface area (Å²) in [6.07, 6.45) is 1.70. The zero-order valence-corrected chi connectivity index (χ0v) is 15.5. The van der Waals surface area contributed by atoms with Crippen molar-refractivity contribution in [3.05, 3.63) is 37.1 Å². The molecule has 1 saturated heterocycles. The first-order valence-corrected chi connectivity index (χ1v) is 8.53. The number of thiocarbonyl (C=S) groups is 1. The Kier molecular flexibility index (Phi) is 5.24. The molecule has 1 N–H and O–H groups in total. The second-order valence-electron chi connectivity index (χ2n) is 4.27. The van der Waals surface area contributed by atoms with E-state index in [1.54, 1.807) is 6.08 Å². The van der Waals surface area contributed by atoms with Crippen LogP contribution in [0.3, 0.4) is 0 Å². The van der Waals surface area contributed by atoms with Crippen molar-refractivity contribution in [3.8, 4) is 0 Å². The fraction of sp³-hybridized carbons (Fsp3) is 0.154. The summed E-state index contributed by atoms with van der Waals surface area (Å²) >= 11 is 13.1. The number of rotatable bonds is 3. The normalized spacial score (nSPS) is 16.9. The van der Waals surface area contributed by atoms with E-state index in [1.807, 2.05) is 19.1 Å². The summed E-state index contributed by atoms with van der Waals surface area (Å²) in [6, 6.07) is 3.79. The van der Waals surface area contributed by atoms with Crippen molar-refractivity contribution >= 4 is 78.1 Å². The lowest BCUT2D eigenvalue weighted by Gasteiger charge is -2.10. The van der Waals surface area contributed by atoms with E-state index in [-0.39, 0.29) is 10.2 Å². The van der Waals surface area contributed by atoms with Gasteiger partial charge in [-0.15, -0.1) is 0 Å². The molecule has 0 aromatic heterocycles. The van der Waals surface area contributed by atoms with E-state index in [2.05, 4.69) is 31.9 Å². The Morgan fingerprint density at radius 2 is 2.00 bits per heavy atom. The molecule has 1 aliphatic rings. The van der Waals surface area contributed by atoms with Gasteiger partial charge in [0.05, 0.1) is 4.91 Å². The molecule has 1 heterocycles. The Hall–Kier alpha value is -0.700. The number of halogens is 2. The number of thioether (sulfide) groups is 1. The van der Waals surface area contributed by atoms with Crippen molar-refractivity contribution in [1.82, 2.24) is 4.90 Å². The van der Waals surface area contributed by atoms with E-state index in [9.17, 15) is 9.59 Å². The van der Waals surface area contributed by atoms with Crippen molar-refractivity contribution in [2.45, 2.75) is 6.92 Å². The number of carbonyl (C=O) groups is 2. The maximum absolute atomic E-state index is 12.2. The highest BCUT2D eigenvalue weighted by molar-refractivity contribution is 9.11. The average Bonchev–Trinajstić information content (AvgIpc) is 2.63. The van der Waals surface area contributed by atoms with Crippen molar-refractivity contribution in [2.24, 2.45) is 0 Å². The molecular weight excluding hydrogens is 442 g/mol. The van der Waals surface area contributed by atoms with Crippen LogP contribution in [0.1, 0.15) is 11.1 Å². The molecule has 1 fully saturated rings. The average molecular weight is 451 g/mol. The van der Waals surface area contributed by atoms with E-state index in [1.165, 1.54) is 0 Å². The van der Waals surface area contributed by atoms with Crippen LogP contribution in [0.2, 0.25) is 0 Å². The molecule has 4 nitrogen and oxygen atoms in total. The summed E-state index contributed by atoms with van der Waals surface area (Å²) in [5.74, 6) is -1.46. The smallest absolute Gasteiger partial charge is 0.323 e. The Morgan fingerprint density at radius 1 is 1.43 bits per heavy atom. The number of aliphatic carboxylic acids is 1. The van der Waals surface area contributed by atoms with Gasteiger partial charge in [-0.25, -0.2) is 0 Å². The molecule has 2 rings (SSSR count). The molecule has 0 bridgehead atoms. The van der Waals surface area contributed by atoms with Gasteiger partial charge >= 0.3 is 5.97 Å². The predicted molar refractivity (Wildman–Crippen MR) is 94.1 cm³/mol. The molecule has 0 atom stereocenters. The van der Waals surface area contributed by atoms with Gasteiger partial charge in [-0.2, -0.15) is 0 Å². The predicted octanol–water partition coefficient (Wildman–Crippen LogP) is 3.81. The molecule has 0 radical (unpaired) electrons. The highest BCUT2D eigenvalue weighted by Gasteiger charge is 2.33. The molecule has 0 saturated carbocycles. The number of benzene rings is 1. The van der Waals surface area contributed by atoms with Gasteiger partial charge in [-0.3, -0.25) is 14.5 Å². The van der Waals surface area contributed by atoms with Crippen LogP contribution >= 0.6 is 55.8 Å². The highest BCUT2D eigenvalue weighted by atomic mass is 79.9. The van der Waals surface area contributed by atoms with Crippen LogP contribution in [0.25, 0.3) is 6.08 Å². The molecule has 0 aliphatic carbocycles. The molecule has 8 heteroatoms. The molecule has 1 amide bonds. The van der Waals surface area contributed by atoms with Gasteiger partial charge in [0.25, 0.3) is 5.91 Å². The number of carboxylic acid groups (broad SMARTS) is 1. The zero-order valence-electron chi connectivity index (χ0n) is 10.7. The van der Waals surface area contributed by atoms with E-state index >= 15 is 0 Å². The number of nitrogens with zero attached hydrogens (tertiary/aromatic N) is 1. The molecule has 21 heavy (non-hydrogen) atoms. The van der Waals surface area contributed by atoms with Gasteiger partial charge in [-0.05, 0) is 36.3 Å². The third-order valence-electron chi connectivity index (χ3n) is 2.77. The van der Waals surface area contributed by atoms with Crippen LogP contribution in [0.4, 0.5) is 0 Å². The summed E-state index contributed by atoms with van der Waals surface area (Å²) in [5, 5.41) is 8.79. The van der Waals surface area contributed by atoms with Gasteiger partial charge in [0.1, 0.15) is 10.9 Å². The van der Waals surface area contributed by atoms with E-state index in [0.29, 0.717) is 4.91 Å². The lowest BCUT2D eigenvalue weighted by molar-refractivity contribution is -0.140. The molecule has 0 unspecified atom stereocenters. The summed E-state index contributed by atoms with van der Waals surface area (Å²) < 4.78 is 2.10. The molecule has 0 spiro atoms. The van der Waals surface area contributed by atoms with Gasteiger partial charge in [0.15, 0.2) is 0 Å². The molecule has 1 aromatic carbocycles. The first-order chi connectivity index (χ1) is 9.79. The Bertz CT molecular complexity index is 665. The van der Waals surface area contributed by atoms with Crippen LogP contribution in [-0.2, 0) is 9.59 Å². The summed E-state index contributed by atoms with van der Waals surface area (Å²) in [4.78, 5) is 24.4. The minimum atomic E-state index is -1.09. The minimum absolute atomic E-state index is 0.263. The Balaban J connectivity index is 2.33. The van der Waals surface area contributed by atoms with Crippen molar-refractivity contribution in [1.29, 1.82) is 0 Å². The number of carboxylic acids is 1. The second kappa shape index (κ2) is 6.60. The first-order valence-electron chi connectivity index (χ1n) is 5.72. The lowest BCUT2D eigenvalue weighted by Crippen LogP contribution is -2.33. The number of hydrogen-bond acceptors (Lipinski definition) is 4. The van der Waals surface area contributed by atoms with Crippen molar-refractivity contribution < 1.29 is 14.7 Å². The Morgan fingerprint density at radius 3 is 2.52 bits per heavy atom. The lowest BCUT2D eigenvalue weighted by atomic mass is 10.1. The van der Waals surface area contributed by atoms with Gasteiger partial charge < -0.3 is 5.11 Å². The monoisotopic (exact) mass is 449 g/mol. The van der Waals surface area contributed by atoms with E-state index < -0.39 is 12.5 Å². The molecular formula is C13H9Br2NO3S2. The van der Waals surface area contributed by atoms with Crippen molar-refractivity contribution in [2.75, 3.05) is 6.54 Å². The highest BCUT2D eigenvalue weighted by Crippen LogP contribution is 2.34. The Labute approximate surface area is 147 Å². The van der Waals surface area contributed by atoms with Crippen molar-refractivity contribution in [3.63, 3.8) is 0 Å². The fourth-order valence-electron chi connectivity index (χ4n) is 1.67. The van der Waals surface area contributed by atoms with Gasteiger partial charge in [0.2, 0.25) is 0 Å². The van der Waals surface area contributed by atoms with E-state index in [0.717, 1.165) is 36.7 Å². The molecule has 110 valence electrons. The second-order valence-corrected chi connectivity index (χ2v) is 7.66. The topological polar surface area (TPSA) is 57.6 Å². The maximum atomic E-state index is 12.2. The van der Waals surface area contributed by atoms with Crippen LogP contribution in [0.5, 0.6) is 0 Å². The standard InChI is InChI=1S/C13H9Br2NO3S2/c1-6-8(14)2-7(3-9(6)15)4-10-12(19)16(5-11(17)18)13(20)21-10/h2-4H,5H2,1H3,(H,17,18)/b10-4-. The summed E-state index contributed by atoms with van der Waals surface area (Å²) in [6.45, 7) is 1.55. The zero-order chi connectivity index (χ0) is 15.7. The summed E-state index contributed by atoms with van der Waals surface area (Å²) in [5.41, 5.74) is 1.89. The SMILES string of the molecule is Cc1c(Br)cc(/C=C2\SC(=S)N(CC(=O)O)C2=O)cc1Br. The van der Waals surface area contributed by atoms with Gasteiger partial charge in [-0.1, -0.05) is 55.8 Å². The van der Waals surface area contributed by atoms with Crippen LogP contribution in [-0.4, -0.2) is 32.7 Å². The first kappa shape index (κ1) is 16.7. The number of amides is 1.